The average Bonchev–Trinajstić information content (AvgIpc) is 2.68. The number of halogens is 2. The molecular formula is C11H9BrClN3O. The molecule has 1 heterocycles. The van der Waals surface area contributed by atoms with E-state index < -0.39 is 0 Å². The Morgan fingerprint density at radius 3 is 2.94 bits per heavy atom. The highest BCUT2D eigenvalue weighted by atomic mass is 79.9. The molecule has 0 atom stereocenters. The van der Waals surface area contributed by atoms with E-state index in [-0.39, 0.29) is 12.2 Å². The summed E-state index contributed by atoms with van der Waals surface area (Å²) < 4.78 is 2.31. The lowest BCUT2D eigenvalue weighted by molar-refractivity contribution is 0.0989. The highest BCUT2D eigenvalue weighted by molar-refractivity contribution is 9.10. The van der Waals surface area contributed by atoms with E-state index in [1.807, 2.05) is 0 Å². The van der Waals surface area contributed by atoms with Crippen LogP contribution < -0.4 is 0 Å². The fourth-order valence-electron chi connectivity index (χ4n) is 1.43. The Balaban J connectivity index is 2.26. The van der Waals surface area contributed by atoms with Crippen molar-refractivity contribution in [1.29, 1.82) is 0 Å². The molecule has 88 valence electrons. The summed E-state index contributed by atoms with van der Waals surface area (Å²) in [6.07, 6.45) is 1.63. The van der Waals surface area contributed by atoms with E-state index in [1.165, 1.54) is 6.33 Å². The van der Waals surface area contributed by atoms with Gasteiger partial charge < -0.3 is 0 Å². The molecule has 4 nitrogen and oxygen atoms in total. The summed E-state index contributed by atoms with van der Waals surface area (Å²) in [6.45, 7) is 0. The number of carbonyl (C=O) groups is 1. The Kier molecular flexibility index (Phi) is 3.59. The second-order valence-electron chi connectivity index (χ2n) is 3.52. The van der Waals surface area contributed by atoms with E-state index in [2.05, 4.69) is 26.0 Å². The van der Waals surface area contributed by atoms with E-state index in [9.17, 15) is 4.79 Å². The van der Waals surface area contributed by atoms with Crippen LogP contribution in [-0.2, 0) is 13.5 Å². The van der Waals surface area contributed by atoms with E-state index in [0.717, 1.165) is 4.47 Å². The van der Waals surface area contributed by atoms with Crippen LogP contribution in [0.4, 0.5) is 0 Å². The van der Waals surface area contributed by atoms with Gasteiger partial charge in [0, 0.05) is 22.1 Å². The minimum atomic E-state index is -0.0459. The average molecular weight is 315 g/mol. The molecule has 0 aliphatic carbocycles. The number of nitrogens with zero attached hydrogens (tertiary/aromatic N) is 3. The number of carbonyl (C=O) groups excluding carboxylic acids is 1. The number of ketones is 1. The molecule has 17 heavy (non-hydrogen) atoms. The van der Waals surface area contributed by atoms with Crippen molar-refractivity contribution >= 4 is 33.3 Å². The molecule has 0 bridgehead atoms. The van der Waals surface area contributed by atoms with Gasteiger partial charge in [-0.2, -0.15) is 5.10 Å². The van der Waals surface area contributed by atoms with Gasteiger partial charge in [-0.3, -0.25) is 9.48 Å². The van der Waals surface area contributed by atoms with Gasteiger partial charge in [0.1, 0.15) is 12.2 Å². The lowest BCUT2D eigenvalue weighted by Crippen LogP contribution is -2.09. The number of rotatable bonds is 3. The first-order valence-electron chi connectivity index (χ1n) is 4.89. The molecule has 0 radical (unpaired) electrons. The number of aryl methyl sites for hydroxylation is 1. The van der Waals surface area contributed by atoms with Crippen LogP contribution in [0.2, 0.25) is 5.02 Å². The van der Waals surface area contributed by atoms with Crippen LogP contribution in [0.1, 0.15) is 16.2 Å². The molecule has 0 N–H and O–H groups in total. The van der Waals surface area contributed by atoms with Gasteiger partial charge >= 0.3 is 0 Å². The quantitative estimate of drug-likeness (QED) is 0.818. The van der Waals surface area contributed by atoms with Gasteiger partial charge in [0.2, 0.25) is 0 Å². The Morgan fingerprint density at radius 1 is 1.53 bits per heavy atom. The SMILES string of the molecule is Cn1ncnc1CC(=O)c1cc(Cl)ccc1Br. The zero-order chi connectivity index (χ0) is 12.4. The highest BCUT2D eigenvalue weighted by Crippen LogP contribution is 2.22. The molecule has 1 aromatic heterocycles. The van der Waals surface area contributed by atoms with Gasteiger partial charge in [-0.25, -0.2) is 4.98 Å². The van der Waals surface area contributed by atoms with Crippen molar-refractivity contribution in [2.45, 2.75) is 6.42 Å². The van der Waals surface area contributed by atoms with E-state index >= 15 is 0 Å². The maximum atomic E-state index is 12.1. The lowest BCUT2D eigenvalue weighted by atomic mass is 10.1. The maximum Gasteiger partial charge on any atom is 0.171 e. The van der Waals surface area contributed by atoms with Crippen LogP contribution in [0.5, 0.6) is 0 Å². The van der Waals surface area contributed by atoms with E-state index in [0.29, 0.717) is 16.4 Å². The first-order valence-corrected chi connectivity index (χ1v) is 6.06. The number of Topliss-reactive ketones (excluding diaryl/α,β-unsaturated/α-hetero) is 1. The maximum absolute atomic E-state index is 12.1. The number of aromatic nitrogens is 3. The van der Waals surface area contributed by atoms with Crippen molar-refractivity contribution in [3.8, 4) is 0 Å². The number of hydrogen-bond donors (Lipinski definition) is 0. The molecule has 0 fully saturated rings. The highest BCUT2D eigenvalue weighted by Gasteiger charge is 2.14. The molecule has 2 aromatic rings. The largest absolute Gasteiger partial charge is 0.294 e. The first kappa shape index (κ1) is 12.3. The molecule has 0 saturated carbocycles. The van der Waals surface area contributed by atoms with E-state index in [4.69, 9.17) is 11.6 Å². The summed E-state index contributed by atoms with van der Waals surface area (Å²) in [7, 11) is 1.75. The van der Waals surface area contributed by atoms with Crippen molar-refractivity contribution in [2.75, 3.05) is 0 Å². The van der Waals surface area contributed by atoms with Crippen LogP contribution in [-0.4, -0.2) is 20.5 Å². The summed E-state index contributed by atoms with van der Waals surface area (Å²) in [4.78, 5) is 16.1. The molecule has 2 rings (SSSR count). The third-order valence-corrected chi connectivity index (χ3v) is 3.28. The topological polar surface area (TPSA) is 47.8 Å². The molecule has 1 aromatic carbocycles. The molecule has 0 amide bonds. The van der Waals surface area contributed by atoms with Crippen LogP contribution in [0.15, 0.2) is 29.0 Å². The molecule has 0 spiro atoms. The normalized spacial score (nSPS) is 10.5. The summed E-state index contributed by atoms with van der Waals surface area (Å²) in [5, 5.41) is 4.46. The Morgan fingerprint density at radius 2 is 2.29 bits per heavy atom. The van der Waals surface area contributed by atoms with Gasteiger partial charge in [0.15, 0.2) is 5.78 Å². The van der Waals surface area contributed by atoms with Gasteiger partial charge in [-0.05, 0) is 18.2 Å². The van der Waals surface area contributed by atoms with Crippen LogP contribution in [0, 0.1) is 0 Å². The number of benzene rings is 1. The van der Waals surface area contributed by atoms with Crippen molar-refractivity contribution in [2.24, 2.45) is 7.05 Å². The standard InChI is InChI=1S/C11H9BrClN3O/c1-16-11(14-6-15-16)5-10(17)8-4-7(13)2-3-9(8)12/h2-4,6H,5H2,1H3. The van der Waals surface area contributed by atoms with Crippen LogP contribution in [0.3, 0.4) is 0 Å². The third kappa shape index (κ3) is 2.73. The fraction of sp³-hybridized carbons (Fsp3) is 0.182. The van der Waals surface area contributed by atoms with Crippen molar-refractivity contribution in [3.05, 3.63) is 45.4 Å². The molecule has 0 saturated heterocycles. The fourth-order valence-corrected chi connectivity index (χ4v) is 2.07. The summed E-state index contributed by atoms with van der Waals surface area (Å²) >= 11 is 9.20. The second-order valence-corrected chi connectivity index (χ2v) is 4.81. The van der Waals surface area contributed by atoms with Gasteiger partial charge in [-0.1, -0.05) is 27.5 Å². The van der Waals surface area contributed by atoms with E-state index in [1.54, 1.807) is 29.9 Å². The van der Waals surface area contributed by atoms with Crippen LogP contribution >= 0.6 is 27.5 Å². The molecule has 6 heteroatoms. The predicted octanol–water partition coefficient (Wildman–Crippen LogP) is 2.66. The van der Waals surface area contributed by atoms with Crippen LogP contribution in [0.25, 0.3) is 0 Å². The molecular weight excluding hydrogens is 305 g/mol. The summed E-state index contributed by atoms with van der Waals surface area (Å²) in [5.41, 5.74) is 0.556. The smallest absolute Gasteiger partial charge is 0.171 e. The number of hydrogen-bond acceptors (Lipinski definition) is 3. The van der Waals surface area contributed by atoms with Crippen molar-refractivity contribution < 1.29 is 4.79 Å². The van der Waals surface area contributed by atoms with Crippen molar-refractivity contribution in [3.63, 3.8) is 0 Å². The summed E-state index contributed by atoms with van der Waals surface area (Å²) in [6, 6.07) is 5.13. The minimum Gasteiger partial charge on any atom is -0.294 e. The zero-order valence-corrected chi connectivity index (χ0v) is 11.4. The molecule has 0 unspecified atom stereocenters. The second kappa shape index (κ2) is 4.98. The zero-order valence-electron chi connectivity index (χ0n) is 9.02. The van der Waals surface area contributed by atoms with Gasteiger partial charge in [0.25, 0.3) is 0 Å². The Hall–Kier alpha value is -1.20. The van der Waals surface area contributed by atoms with Gasteiger partial charge in [-0.15, -0.1) is 0 Å². The third-order valence-electron chi connectivity index (χ3n) is 2.35. The van der Waals surface area contributed by atoms with Crippen molar-refractivity contribution in [1.82, 2.24) is 14.8 Å². The summed E-state index contributed by atoms with van der Waals surface area (Å²) in [5.74, 6) is 0.581. The Labute approximate surface area is 112 Å². The Bertz CT molecular complexity index is 568. The van der Waals surface area contributed by atoms with Gasteiger partial charge in [0.05, 0.1) is 6.42 Å². The lowest BCUT2D eigenvalue weighted by Gasteiger charge is -2.04. The predicted molar refractivity (Wildman–Crippen MR) is 68.2 cm³/mol. The first-order chi connectivity index (χ1) is 8.08. The molecule has 0 aliphatic rings. The molecule has 0 aliphatic heterocycles. The minimum absolute atomic E-state index is 0.0459. The monoisotopic (exact) mass is 313 g/mol.